The first-order valence-corrected chi connectivity index (χ1v) is 13.9. The van der Waals surface area contributed by atoms with Crippen LogP contribution in [-0.2, 0) is 17.8 Å². The number of rotatable bonds is 8. The van der Waals surface area contributed by atoms with E-state index in [1.54, 1.807) is 36.8 Å². The molecular formula is C29H27ClN6O2S. The van der Waals surface area contributed by atoms with Crippen LogP contribution >= 0.6 is 22.9 Å². The first-order chi connectivity index (χ1) is 19.0. The molecule has 1 saturated heterocycles. The molecule has 198 valence electrons. The predicted molar refractivity (Wildman–Crippen MR) is 153 cm³/mol. The average Bonchev–Trinajstić information content (AvgIpc) is 3.61. The average molecular weight is 559 g/mol. The zero-order chi connectivity index (χ0) is 27.2. The predicted octanol–water partition coefficient (Wildman–Crippen LogP) is 5.05. The highest BCUT2D eigenvalue weighted by atomic mass is 35.5. The lowest BCUT2D eigenvalue weighted by Gasteiger charge is -2.36. The van der Waals surface area contributed by atoms with E-state index in [1.807, 2.05) is 45.9 Å². The van der Waals surface area contributed by atoms with Crippen molar-refractivity contribution in [2.75, 3.05) is 36.4 Å². The van der Waals surface area contributed by atoms with Crippen LogP contribution in [0.3, 0.4) is 0 Å². The summed E-state index contributed by atoms with van der Waals surface area (Å²) in [5, 5.41) is 11.9. The number of halogens is 1. The van der Waals surface area contributed by atoms with Gasteiger partial charge in [0.05, 0.1) is 27.2 Å². The Morgan fingerprint density at radius 1 is 1.00 bits per heavy atom. The quantitative estimate of drug-likeness (QED) is 0.326. The van der Waals surface area contributed by atoms with E-state index in [2.05, 4.69) is 21.3 Å². The number of hydrogen-bond acceptors (Lipinski definition) is 6. The summed E-state index contributed by atoms with van der Waals surface area (Å²) in [6.07, 6.45) is 4.46. The molecule has 39 heavy (non-hydrogen) atoms. The summed E-state index contributed by atoms with van der Waals surface area (Å²) in [6, 6.07) is 20.9. The van der Waals surface area contributed by atoms with Crippen LogP contribution in [0.25, 0.3) is 0 Å². The summed E-state index contributed by atoms with van der Waals surface area (Å²) in [5.74, 6) is -0.0309. The summed E-state index contributed by atoms with van der Waals surface area (Å²) >= 11 is 7.29. The minimum atomic E-state index is -0.0605. The molecule has 8 nitrogen and oxygen atoms in total. The van der Waals surface area contributed by atoms with Gasteiger partial charge >= 0.3 is 0 Å². The van der Waals surface area contributed by atoms with Gasteiger partial charge in [-0.25, -0.2) is 4.98 Å². The topological polar surface area (TPSA) is 94.3 Å². The van der Waals surface area contributed by atoms with Crippen LogP contribution in [0.1, 0.15) is 32.9 Å². The largest absolute Gasteiger partial charge is 0.368 e. The second-order valence-electron chi connectivity index (χ2n) is 9.30. The first-order valence-electron chi connectivity index (χ1n) is 12.7. The number of anilines is 2. The Hall–Kier alpha value is -4.13. The molecule has 2 amide bonds. The van der Waals surface area contributed by atoms with Crippen LogP contribution in [0.2, 0.25) is 4.34 Å². The number of piperazine rings is 1. The molecule has 1 aliphatic heterocycles. The third-order valence-corrected chi connectivity index (χ3v) is 7.93. The van der Waals surface area contributed by atoms with Gasteiger partial charge in [-0.05, 0) is 60.5 Å². The van der Waals surface area contributed by atoms with E-state index in [-0.39, 0.29) is 11.8 Å². The van der Waals surface area contributed by atoms with Gasteiger partial charge in [-0.15, -0.1) is 11.3 Å². The van der Waals surface area contributed by atoms with Gasteiger partial charge < -0.3 is 19.7 Å². The van der Waals surface area contributed by atoms with Crippen molar-refractivity contribution in [3.05, 3.63) is 99.2 Å². The SMILES string of the molecule is N#Cc1ccc(Cn2cncc2CCC(=O)Nc2ccc(N3CCN(C(=O)c4ccc(Cl)s4)CC3)cc2)cc1. The van der Waals surface area contributed by atoms with Crippen molar-refractivity contribution in [1.82, 2.24) is 14.5 Å². The molecule has 1 N–H and O–H groups in total. The van der Waals surface area contributed by atoms with Gasteiger partial charge in [0.1, 0.15) is 0 Å². The number of hydrogen-bond donors (Lipinski definition) is 1. The molecule has 0 aliphatic carbocycles. The maximum Gasteiger partial charge on any atom is 0.264 e. The van der Waals surface area contributed by atoms with E-state index < -0.39 is 0 Å². The zero-order valence-corrected chi connectivity index (χ0v) is 22.8. The van der Waals surface area contributed by atoms with Crippen molar-refractivity contribution in [1.29, 1.82) is 5.26 Å². The number of aryl methyl sites for hydroxylation is 1. The maximum atomic E-state index is 12.7. The van der Waals surface area contributed by atoms with Crippen LogP contribution < -0.4 is 10.2 Å². The van der Waals surface area contributed by atoms with E-state index >= 15 is 0 Å². The number of benzene rings is 2. The summed E-state index contributed by atoms with van der Waals surface area (Å²) in [5.41, 5.74) is 4.48. The fourth-order valence-corrected chi connectivity index (χ4v) is 5.56. The summed E-state index contributed by atoms with van der Waals surface area (Å²) in [6.45, 7) is 3.41. The highest BCUT2D eigenvalue weighted by molar-refractivity contribution is 7.17. The number of aromatic nitrogens is 2. The van der Waals surface area contributed by atoms with Crippen molar-refractivity contribution >= 4 is 46.1 Å². The van der Waals surface area contributed by atoms with Gasteiger partial charge in [0.2, 0.25) is 5.91 Å². The number of nitrogens with one attached hydrogen (secondary N) is 1. The van der Waals surface area contributed by atoms with E-state index in [4.69, 9.17) is 16.9 Å². The fourth-order valence-electron chi connectivity index (χ4n) is 4.55. The number of amides is 2. The van der Waals surface area contributed by atoms with E-state index in [0.717, 1.165) is 35.7 Å². The van der Waals surface area contributed by atoms with Gasteiger partial charge in [-0.1, -0.05) is 23.7 Å². The summed E-state index contributed by atoms with van der Waals surface area (Å²) in [4.78, 5) is 34.3. The lowest BCUT2D eigenvalue weighted by molar-refractivity contribution is -0.116. The first kappa shape index (κ1) is 26.5. The Bertz CT molecular complexity index is 1480. The Kier molecular flexibility index (Phi) is 8.25. The molecule has 0 bridgehead atoms. The summed E-state index contributed by atoms with van der Waals surface area (Å²) < 4.78 is 2.64. The number of nitrogens with zero attached hydrogens (tertiary/aromatic N) is 5. The number of imidazole rings is 1. The number of carbonyl (C=O) groups excluding carboxylic acids is 2. The monoisotopic (exact) mass is 558 g/mol. The molecule has 0 saturated carbocycles. The normalized spacial score (nSPS) is 13.2. The molecule has 3 heterocycles. The molecule has 1 aliphatic rings. The van der Waals surface area contributed by atoms with Crippen LogP contribution in [0.5, 0.6) is 0 Å². The van der Waals surface area contributed by atoms with Gasteiger partial charge in [0, 0.05) is 62.4 Å². The van der Waals surface area contributed by atoms with Crippen molar-refractivity contribution < 1.29 is 9.59 Å². The minimum Gasteiger partial charge on any atom is -0.368 e. The third-order valence-electron chi connectivity index (χ3n) is 6.71. The van der Waals surface area contributed by atoms with Gasteiger partial charge in [0.25, 0.3) is 5.91 Å². The second kappa shape index (κ2) is 12.2. The number of carbonyl (C=O) groups is 2. The molecule has 2 aromatic carbocycles. The van der Waals surface area contributed by atoms with E-state index in [1.165, 1.54) is 11.3 Å². The molecule has 4 aromatic rings. The molecule has 2 aromatic heterocycles. The lowest BCUT2D eigenvalue weighted by atomic mass is 10.1. The van der Waals surface area contributed by atoms with Gasteiger partial charge in [-0.2, -0.15) is 5.26 Å². The Morgan fingerprint density at radius 3 is 2.41 bits per heavy atom. The standard InChI is InChI=1S/C29H27ClN6O2S/c30-27-11-10-26(39-27)29(38)35-15-13-34(14-16-35)24-7-5-23(6-8-24)33-28(37)12-9-25-18-32-20-36(25)19-22-3-1-21(17-31)2-4-22/h1-8,10-11,18,20H,9,12-16,19H2,(H,33,37). The van der Waals surface area contributed by atoms with Gasteiger partial charge in [-0.3, -0.25) is 9.59 Å². The molecule has 0 atom stereocenters. The molecular weight excluding hydrogens is 532 g/mol. The zero-order valence-electron chi connectivity index (χ0n) is 21.2. The number of thiophene rings is 1. The molecule has 10 heteroatoms. The van der Waals surface area contributed by atoms with Crippen LogP contribution in [0, 0.1) is 11.3 Å². The van der Waals surface area contributed by atoms with Crippen LogP contribution in [-0.4, -0.2) is 52.4 Å². The van der Waals surface area contributed by atoms with E-state index in [9.17, 15) is 9.59 Å². The molecule has 0 unspecified atom stereocenters. The fraction of sp³-hybridized carbons (Fsp3) is 0.241. The van der Waals surface area contributed by atoms with Crippen molar-refractivity contribution in [2.45, 2.75) is 19.4 Å². The van der Waals surface area contributed by atoms with Crippen LogP contribution in [0.15, 0.2) is 73.2 Å². The molecule has 5 rings (SSSR count). The highest BCUT2D eigenvalue weighted by Crippen LogP contribution is 2.24. The summed E-state index contributed by atoms with van der Waals surface area (Å²) in [7, 11) is 0. The van der Waals surface area contributed by atoms with Crippen molar-refractivity contribution in [3.8, 4) is 6.07 Å². The smallest absolute Gasteiger partial charge is 0.264 e. The van der Waals surface area contributed by atoms with Crippen molar-refractivity contribution in [3.63, 3.8) is 0 Å². The van der Waals surface area contributed by atoms with Crippen LogP contribution in [0.4, 0.5) is 11.4 Å². The number of nitriles is 1. The lowest BCUT2D eigenvalue weighted by Crippen LogP contribution is -2.48. The van der Waals surface area contributed by atoms with E-state index in [0.29, 0.717) is 47.3 Å². The minimum absolute atomic E-state index is 0.0296. The molecule has 1 fully saturated rings. The highest BCUT2D eigenvalue weighted by Gasteiger charge is 2.23. The Balaban J connectivity index is 1.09. The van der Waals surface area contributed by atoms with Crippen molar-refractivity contribution in [2.24, 2.45) is 0 Å². The second-order valence-corrected chi connectivity index (χ2v) is 11.0. The molecule has 0 radical (unpaired) electrons. The Labute approximate surface area is 236 Å². The Morgan fingerprint density at radius 2 is 1.74 bits per heavy atom. The molecule has 0 spiro atoms. The van der Waals surface area contributed by atoms with Gasteiger partial charge in [0.15, 0.2) is 0 Å². The third kappa shape index (κ3) is 6.66. The maximum absolute atomic E-state index is 12.7.